The third kappa shape index (κ3) is 2.22. The highest BCUT2D eigenvalue weighted by Crippen LogP contribution is 2.15. The summed E-state index contributed by atoms with van der Waals surface area (Å²) in [5, 5.41) is 8.92. The number of nitrogens with zero attached hydrogens (tertiary/aromatic N) is 3. The number of hydrogen-bond acceptors (Lipinski definition) is 4. The van der Waals surface area contributed by atoms with Crippen LogP contribution in [0.4, 0.5) is 5.95 Å². The molecule has 0 unspecified atom stereocenters. The van der Waals surface area contributed by atoms with Crippen LogP contribution in [0.2, 0.25) is 0 Å². The van der Waals surface area contributed by atoms with Crippen molar-refractivity contribution in [1.82, 2.24) is 14.6 Å². The van der Waals surface area contributed by atoms with Crippen LogP contribution in [0.1, 0.15) is 21.6 Å². The Labute approximate surface area is 113 Å². The molecule has 19 heavy (non-hydrogen) atoms. The third-order valence-electron chi connectivity index (χ3n) is 2.79. The average molecular weight is 272 g/mol. The summed E-state index contributed by atoms with van der Waals surface area (Å²) in [6.07, 6.45) is 0. The SMILES string of the molecule is Cc1ccc(C(=O)Nc2nc3scc(C)n3n2)cc1. The molecule has 0 saturated carbocycles. The zero-order valence-electron chi connectivity index (χ0n) is 10.5. The molecule has 3 rings (SSSR count). The fraction of sp³-hybridized carbons (Fsp3) is 0.154. The first-order valence-electron chi connectivity index (χ1n) is 5.82. The van der Waals surface area contributed by atoms with Gasteiger partial charge < -0.3 is 0 Å². The van der Waals surface area contributed by atoms with Crippen molar-refractivity contribution >= 4 is 28.2 Å². The predicted molar refractivity (Wildman–Crippen MR) is 74.7 cm³/mol. The van der Waals surface area contributed by atoms with Crippen LogP contribution in [0, 0.1) is 13.8 Å². The minimum absolute atomic E-state index is 0.198. The summed E-state index contributed by atoms with van der Waals surface area (Å²) in [5.41, 5.74) is 2.72. The smallest absolute Gasteiger partial charge is 0.258 e. The van der Waals surface area contributed by atoms with Gasteiger partial charge >= 0.3 is 0 Å². The highest BCUT2D eigenvalue weighted by atomic mass is 32.1. The lowest BCUT2D eigenvalue weighted by Crippen LogP contribution is -2.13. The first-order valence-corrected chi connectivity index (χ1v) is 6.70. The number of benzene rings is 1. The number of nitrogens with one attached hydrogen (secondary N) is 1. The van der Waals surface area contributed by atoms with Crippen LogP contribution in [0.25, 0.3) is 4.96 Å². The van der Waals surface area contributed by atoms with Crippen molar-refractivity contribution in [2.24, 2.45) is 0 Å². The van der Waals surface area contributed by atoms with E-state index in [4.69, 9.17) is 0 Å². The van der Waals surface area contributed by atoms with Crippen molar-refractivity contribution in [3.63, 3.8) is 0 Å². The van der Waals surface area contributed by atoms with Crippen molar-refractivity contribution in [2.45, 2.75) is 13.8 Å². The van der Waals surface area contributed by atoms with Gasteiger partial charge in [0.2, 0.25) is 4.96 Å². The summed E-state index contributed by atoms with van der Waals surface area (Å²) in [7, 11) is 0. The summed E-state index contributed by atoms with van der Waals surface area (Å²) in [6.45, 7) is 3.93. The fourth-order valence-electron chi connectivity index (χ4n) is 1.72. The number of aromatic nitrogens is 3. The number of carbonyl (C=O) groups excluding carboxylic acids is 1. The third-order valence-corrected chi connectivity index (χ3v) is 3.72. The number of thiazole rings is 1. The van der Waals surface area contributed by atoms with Crippen molar-refractivity contribution in [3.05, 3.63) is 46.5 Å². The van der Waals surface area contributed by atoms with E-state index in [9.17, 15) is 4.79 Å². The quantitative estimate of drug-likeness (QED) is 0.780. The largest absolute Gasteiger partial charge is 0.289 e. The van der Waals surface area contributed by atoms with E-state index in [0.29, 0.717) is 11.5 Å². The van der Waals surface area contributed by atoms with E-state index in [1.54, 1.807) is 16.6 Å². The van der Waals surface area contributed by atoms with Crippen LogP contribution in [0.15, 0.2) is 29.6 Å². The molecule has 1 N–H and O–H groups in total. The highest BCUT2D eigenvalue weighted by molar-refractivity contribution is 7.15. The molecule has 0 saturated heterocycles. The molecule has 2 heterocycles. The Hall–Kier alpha value is -2.21. The van der Waals surface area contributed by atoms with Crippen LogP contribution in [-0.4, -0.2) is 20.5 Å². The topological polar surface area (TPSA) is 59.3 Å². The molecule has 1 aromatic carbocycles. The zero-order valence-corrected chi connectivity index (χ0v) is 11.4. The molecule has 0 bridgehead atoms. The molecule has 0 aliphatic carbocycles. The van der Waals surface area contributed by atoms with Crippen molar-refractivity contribution in [2.75, 3.05) is 5.32 Å². The summed E-state index contributed by atoms with van der Waals surface area (Å²) < 4.78 is 1.72. The molecule has 0 fully saturated rings. The standard InChI is InChI=1S/C13H12N4OS/c1-8-3-5-10(6-4-8)11(18)14-12-15-13-17(16-12)9(2)7-19-13/h3-7H,1-2H3,(H,14,16,18). The Morgan fingerprint density at radius 1 is 1.26 bits per heavy atom. The normalized spacial score (nSPS) is 10.8. The van der Waals surface area contributed by atoms with Gasteiger partial charge in [-0.15, -0.1) is 16.4 Å². The van der Waals surface area contributed by atoms with Crippen molar-refractivity contribution < 1.29 is 4.79 Å². The van der Waals surface area contributed by atoms with Gasteiger partial charge in [0, 0.05) is 10.9 Å². The van der Waals surface area contributed by atoms with E-state index < -0.39 is 0 Å². The molecule has 0 atom stereocenters. The van der Waals surface area contributed by atoms with Gasteiger partial charge in [0.1, 0.15) is 0 Å². The van der Waals surface area contributed by atoms with E-state index >= 15 is 0 Å². The van der Waals surface area contributed by atoms with Gasteiger partial charge in [-0.05, 0) is 26.0 Å². The van der Waals surface area contributed by atoms with E-state index in [-0.39, 0.29) is 5.91 Å². The number of rotatable bonds is 2. The number of hydrogen-bond donors (Lipinski definition) is 1. The van der Waals surface area contributed by atoms with E-state index in [2.05, 4.69) is 15.4 Å². The monoisotopic (exact) mass is 272 g/mol. The van der Waals surface area contributed by atoms with Crippen molar-refractivity contribution in [1.29, 1.82) is 0 Å². The summed E-state index contributed by atoms with van der Waals surface area (Å²) in [5.74, 6) is 0.136. The molecule has 96 valence electrons. The Balaban J connectivity index is 1.84. The van der Waals surface area contributed by atoms with Gasteiger partial charge in [0.05, 0.1) is 5.69 Å². The van der Waals surface area contributed by atoms with Gasteiger partial charge in [0.25, 0.3) is 11.9 Å². The molecule has 3 aromatic rings. The van der Waals surface area contributed by atoms with Gasteiger partial charge in [-0.25, -0.2) is 4.52 Å². The molecular weight excluding hydrogens is 260 g/mol. The Bertz CT molecular complexity index is 742. The molecule has 6 heteroatoms. The molecule has 0 radical (unpaired) electrons. The zero-order chi connectivity index (χ0) is 13.4. The number of anilines is 1. The lowest BCUT2D eigenvalue weighted by atomic mass is 10.1. The van der Waals surface area contributed by atoms with Gasteiger partial charge in [0.15, 0.2) is 0 Å². The van der Waals surface area contributed by atoms with Crippen LogP contribution in [0.5, 0.6) is 0 Å². The van der Waals surface area contributed by atoms with E-state index in [1.807, 2.05) is 31.4 Å². The number of aryl methyl sites for hydroxylation is 2. The number of carbonyl (C=O) groups is 1. The predicted octanol–water partition coefficient (Wildman–Crippen LogP) is 2.66. The number of amides is 1. The Morgan fingerprint density at radius 2 is 2.00 bits per heavy atom. The molecule has 0 spiro atoms. The average Bonchev–Trinajstić information content (AvgIpc) is 2.93. The van der Waals surface area contributed by atoms with Crippen LogP contribution < -0.4 is 5.32 Å². The van der Waals surface area contributed by atoms with E-state index in [1.165, 1.54) is 11.3 Å². The second-order valence-electron chi connectivity index (χ2n) is 4.33. The second kappa shape index (κ2) is 4.47. The lowest BCUT2D eigenvalue weighted by Gasteiger charge is -2.01. The molecule has 0 aliphatic heterocycles. The molecular formula is C13H12N4OS. The molecule has 0 aliphatic rings. The van der Waals surface area contributed by atoms with E-state index in [0.717, 1.165) is 16.2 Å². The van der Waals surface area contributed by atoms with Gasteiger partial charge in [-0.3, -0.25) is 10.1 Å². The van der Waals surface area contributed by atoms with Gasteiger partial charge in [-0.1, -0.05) is 17.7 Å². The van der Waals surface area contributed by atoms with Crippen LogP contribution in [-0.2, 0) is 0 Å². The molecule has 2 aromatic heterocycles. The second-order valence-corrected chi connectivity index (χ2v) is 5.16. The maximum absolute atomic E-state index is 12.0. The maximum Gasteiger partial charge on any atom is 0.258 e. The summed E-state index contributed by atoms with van der Waals surface area (Å²) >= 11 is 1.50. The van der Waals surface area contributed by atoms with Crippen LogP contribution in [0.3, 0.4) is 0 Å². The minimum atomic E-state index is -0.198. The van der Waals surface area contributed by atoms with Crippen molar-refractivity contribution in [3.8, 4) is 0 Å². The minimum Gasteiger partial charge on any atom is -0.289 e. The maximum atomic E-state index is 12.0. The molecule has 5 nitrogen and oxygen atoms in total. The Morgan fingerprint density at radius 3 is 2.68 bits per heavy atom. The Kier molecular flexibility index (Phi) is 2.79. The highest BCUT2D eigenvalue weighted by Gasteiger charge is 2.11. The number of fused-ring (bicyclic) bond motifs is 1. The fourth-order valence-corrected chi connectivity index (χ4v) is 2.52. The summed E-state index contributed by atoms with van der Waals surface area (Å²) in [6, 6.07) is 7.37. The summed E-state index contributed by atoms with van der Waals surface area (Å²) in [4.78, 5) is 17.0. The van der Waals surface area contributed by atoms with Gasteiger partial charge in [-0.2, -0.15) is 4.98 Å². The lowest BCUT2D eigenvalue weighted by molar-refractivity contribution is 0.102. The van der Waals surface area contributed by atoms with Crippen LogP contribution >= 0.6 is 11.3 Å². The molecule has 1 amide bonds. The first kappa shape index (κ1) is 11.9. The first-order chi connectivity index (χ1) is 9.13.